The smallest absolute Gasteiger partial charge is 0.165 e. The highest BCUT2D eigenvalue weighted by Crippen LogP contribution is 2.31. The van der Waals surface area contributed by atoms with Gasteiger partial charge in [-0.25, -0.2) is 15.0 Å². The van der Waals surface area contributed by atoms with Gasteiger partial charge in [-0.3, -0.25) is 0 Å². The SMILES string of the molecule is CNc1ncnc2c1ncn2[C@@H]1CC[C@@H](N)[C@@H](O)[C@@H]1O. The van der Waals surface area contributed by atoms with Crippen LogP contribution in [0.1, 0.15) is 18.9 Å². The summed E-state index contributed by atoms with van der Waals surface area (Å²) in [6.07, 6.45) is 2.53. The minimum absolute atomic E-state index is 0.283. The van der Waals surface area contributed by atoms with Crippen LogP contribution < -0.4 is 11.1 Å². The number of aromatic nitrogens is 4. The van der Waals surface area contributed by atoms with Crippen LogP contribution in [-0.2, 0) is 0 Å². The fourth-order valence-corrected chi connectivity index (χ4v) is 2.77. The molecule has 1 aliphatic rings. The molecule has 4 atom stereocenters. The molecule has 8 nitrogen and oxygen atoms in total. The molecule has 0 bridgehead atoms. The Balaban J connectivity index is 2.02. The zero-order valence-electron chi connectivity index (χ0n) is 11.1. The normalized spacial score (nSPS) is 30.6. The second-order valence-corrected chi connectivity index (χ2v) is 5.09. The van der Waals surface area contributed by atoms with Crippen molar-refractivity contribution in [3.8, 4) is 0 Å². The summed E-state index contributed by atoms with van der Waals surface area (Å²) in [6, 6.07) is -0.673. The number of hydrogen-bond acceptors (Lipinski definition) is 7. The van der Waals surface area contributed by atoms with Gasteiger partial charge in [0.15, 0.2) is 11.5 Å². The molecular weight excluding hydrogens is 260 g/mol. The number of hydrogen-bond donors (Lipinski definition) is 4. The Bertz CT molecular complexity index is 615. The Morgan fingerprint density at radius 2 is 2.05 bits per heavy atom. The molecule has 0 unspecified atom stereocenters. The number of rotatable bonds is 2. The van der Waals surface area contributed by atoms with E-state index in [9.17, 15) is 10.2 Å². The molecule has 108 valence electrons. The van der Waals surface area contributed by atoms with Gasteiger partial charge in [-0.1, -0.05) is 0 Å². The predicted octanol–water partition coefficient (Wildman–Crippen LogP) is -0.748. The minimum atomic E-state index is -0.934. The fourth-order valence-electron chi connectivity index (χ4n) is 2.77. The van der Waals surface area contributed by atoms with Crippen molar-refractivity contribution in [2.45, 2.75) is 37.1 Å². The minimum Gasteiger partial charge on any atom is -0.389 e. The lowest BCUT2D eigenvalue weighted by Crippen LogP contribution is -2.50. The highest BCUT2D eigenvalue weighted by Gasteiger charge is 2.37. The largest absolute Gasteiger partial charge is 0.389 e. The van der Waals surface area contributed by atoms with Crippen LogP contribution in [0.2, 0.25) is 0 Å². The average molecular weight is 278 g/mol. The summed E-state index contributed by atoms with van der Waals surface area (Å²) in [7, 11) is 1.76. The quantitative estimate of drug-likeness (QED) is 0.570. The fraction of sp³-hybridized carbons (Fsp3) is 0.583. The molecule has 20 heavy (non-hydrogen) atoms. The molecule has 0 radical (unpaired) electrons. The van der Waals surface area contributed by atoms with Gasteiger partial charge in [-0.05, 0) is 12.8 Å². The number of aliphatic hydroxyl groups is 2. The first-order valence-corrected chi connectivity index (χ1v) is 6.60. The topological polar surface area (TPSA) is 122 Å². The number of nitrogens with zero attached hydrogens (tertiary/aromatic N) is 4. The van der Waals surface area contributed by atoms with Crippen LogP contribution >= 0.6 is 0 Å². The van der Waals surface area contributed by atoms with Gasteiger partial charge in [0.05, 0.1) is 18.5 Å². The summed E-state index contributed by atoms with van der Waals surface area (Å²) in [5.74, 6) is 0.635. The second kappa shape index (κ2) is 4.97. The summed E-state index contributed by atoms with van der Waals surface area (Å²) in [6.45, 7) is 0. The Kier molecular flexibility index (Phi) is 3.28. The molecule has 2 heterocycles. The third-order valence-electron chi connectivity index (χ3n) is 3.93. The Morgan fingerprint density at radius 1 is 1.25 bits per heavy atom. The van der Waals surface area contributed by atoms with E-state index in [-0.39, 0.29) is 6.04 Å². The van der Waals surface area contributed by atoms with Crippen molar-refractivity contribution in [1.82, 2.24) is 19.5 Å². The van der Waals surface area contributed by atoms with Crippen molar-refractivity contribution < 1.29 is 10.2 Å². The summed E-state index contributed by atoms with van der Waals surface area (Å²) < 4.78 is 1.79. The van der Waals surface area contributed by atoms with E-state index in [4.69, 9.17) is 5.73 Å². The van der Waals surface area contributed by atoms with Crippen LogP contribution in [0.15, 0.2) is 12.7 Å². The first-order chi connectivity index (χ1) is 9.63. The molecular formula is C12H18N6O2. The van der Waals surface area contributed by atoms with Gasteiger partial charge in [0, 0.05) is 13.1 Å². The van der Waals surface area contributed by atoms with Crippen LogP contribution in [-0.4, -0.2) is 55.0 Å². The summed E-state index contributed by atoms with van der Waals surface area (Å²) in [5.41, 5.74) is 7.05. The van der Waals surface area contributed by atoms with Gasteiger partial charge in [-0.15, -0.1) is 0 Å². The van der Waals surface area contributed by atoms with Crippen molar-refractivity contribution in [2.24, 2.45) is 5.73 Å². The van der Waals surface area contributed by atoms with Crippen molar-refractivity contribution in [1.29, 1.82) is 0 Å². The molecule has 1 fully saturated rings. The van der Waals surface area contributed by atoms with E-state index >= 15 is 0 Å². The average Bonchev–Trinajstić information content (AvgIpc) is 2.89. The summed E-state index contributed by atoms with van der Waals surface area (Å²) in [4.78, 5) is 12.6. The molecule has 1 aliphatic carbocycles. The lowest BCUT2D eigenvalue weighted by Gasteiger charge is -2.36. The molecule has 0 aromatic carbocycles. The first kappa shape index (κ1) is 13.2. The van der Waals surface area contributed by atoms with E-state index in [1.54, 1.807) is 17.9 Å². The maximum absolute atomic E-state index is 10.2. The summed E-state index contributed by atoms with van der Waals surface area (Å²) in [5, 5.41) is 23.1. The zero-order valence-corrected chi connectivity index (χ0v) is 11.1. The van der Waals surface area contributed by atoms with Crippen molar-refractivity contribution in [3.05, 3.63) is 12.7 Å². The van der Waals surface area contributed by atoms with E-state index in [2.05, 4.69) is 20.3 Å². The van der Waals surface area contributed by atoms with Crippen molar-refractivity contribution >= 4 is 17.0 Å². The third kappa shape index (κ3) is 1.92. The van der Waals surface area contributed by atoms with Gasteiger partial charge in [0.2, 0.25) is 0 Å². The molecule has 8 heteroatoms. The van der Waals surface area contributed by atoms with Gasteiger partial charge in [0.25, 0.3) is 0 Å². The summed E-state index contributed by atoms with van der Waals surface area (Å²) >= 11 is 0. The Hall–Kier alpha value is -1.77. The second-order valence-electron chi connectivity index (χ2n) is 5.09. The number of imidazole rings is 1. The number of nitrogens with one attached hydrogen (secondary N) is 1. The maximum atomic E-state index is 10.2. The highest BCUT2D eigenvalue weighted by molar-refractivity contribution is 5.82. The lowest BCUT2D eigenvalue weighted by molar-refractivity contribution is -0.0493. The number of fused-ring (bicyclic) bond motifs is 1. The van der Waals surface area contributed by atoms with Crippen LogP contribution in [0.3, 0.4) is 0 Å². The zero-order chi connectivity index (χ0) is 14.3. The molecule has 2 aromatic rings. The molecule has 0 saturated heterocycles. The molecule has 2 aromatic heterocycles. The monoisotopic (exact) mass is 278 g/mol. The number of anilines is 1. The standard InChI is InChI=1S/C12H18N6O2/c1-14-11-8-12(16-4-15-11)18(5-17-8)7-3-2-6(13)9(19)10(7)20/h4-7,9-10,19-20H,2-3,13H2,1H3,(H,14,15,16)/t6-,7-,9-,10-/m1/s1. The first-order valence-electron chi connectivity index (χ1n) is 6.60. The number of aliphatic hydroxyl groups excluding tert-OH is 2. The van der Waals surface area contributed by atoms with Gasteiger partial charge in [0.1, 0.15) is 17.9 Å². The molecule has 0 spiro atoms. The van der Waals surface area contributed by atoms with E-state index in [0.29, 0.717) is 29.8 Å². The van der Waals surface area contributed by atoms with Crippen LogP contribution in [0.4, 0.5) is 5.82 Å². The predicted molar refractivity (Wildman–Crippen MR) is 73.1 cm³/mol. The number of nitrogens with two attached hydrogens (primary N) is 1. The van der Waals surface area contributed by atoms with Gasteiger partial charge >= 0.3 is 0 Å². The van der Waals surface area contributed by atoms with Crippen LogP contribution in [0, 0.1) is 0 Å². The van der Waals surface area contributed by atoms with E-state index < -0.39 is 18.2 Å². The highest BCUT2D eigenvalue weighted by atomic mass is 16.3. The van der Waals surface area contributed by atoms with E-state index in [1.807, 2.05) is 0 Å². The Morgan fingerprint density at radius 3 is 2.80 bits per heavy atom. The Labute approximate surface area is 115 Å². The molecule has 0 amide bonds. The van der Waals surface area contributed by atoms with Crippen molar-refractivity contribution in [3.63, 3.8) is 0 Å². The van der Waals surface area contributed by atoms with Crippen LogP contribution in [0.25, 0.3) is 11.2 Å². The van der Waals surface area contributed by atoms with Gasteiger partial charge in [-0.2, -0.15) is 0 Å². The van der Waals surface area contributed by atoms with Gasteiger partial charge < -0.3 is 25.8 Å². The molecule has 3 rings (SSSR count). The molecule has 5 N–H and O–H groups in total. The van der Waals surface area contributed by atoms with Crippen LogP contribution in [0.5, 0.6) is 0 Å². The van der Waals surface area contributed by atoms with Crippen molar-refractivity contribution in [2.75, 3.05) is 12.4 Å². The lowest BCUT2D eigenvalue weighted by atomic mass is 9.86. The van der Waals surface area contributed by atoms with E-state index in [1.165, 1.54) is 6.33 Å². The maximum Gasteiger partial charge on any atom is 0.165 e. The molecule has 0 aliphatic heterocycles. The third-order valence-corrected chi connectivity index (χ3v) is 3.93. The van der Waals surface area contributed by atoms with E-state index in [0.717, 1.165) is 0 Å². The molecule has 1 saturated carbocycles.